The van der Waals surface area contributed by atoms with E-state index in [1.165, 1.54) is 0 Å². The summed E-state index contributed by atoms with van der Waals surface area (Å²) in [6, 6.07) is 41.4. The van der Waals surface area contributed by atoms with Gasteiger partial charge in [-0.2, -0.15) is 5.10 Å². The Morgan fingerprint density at radius 1 is 0.694 bits per heavy atom. The van der Waals surface area contributed by atoms with Crippen LogP contribution in [0, 0.1) is 0 Å². The van der Waals surface area contributed by atoms with Gasteiger partial charge in [0.15, 0.2) is 0 Å². The zero-order valence-electron chi connectivity index (χ0n) is 27.3. The number of aromatic nitrogens is 3. The van der Waals surface area contributed by atoms with Crippen molar-refractivity contribution in [1.29, 1.82) is 0 Å². The average molecular weight is 651 g/mol. The number of carbonyl (C=O) groups is 1. The molecule has 0 atom stereocenters. The lowest BCUT2D eigenvalue weighted by molar-refractivity contribution is 0.0244. The normalized spacial score (nSPS) is 15.7. The second kappa shape index (κ2) is 13.7. The van der Waals surface area contributed by atoms with Crippen molar-refractivity contribution >= 4 is 16.8 Å². The molecule has 0 N–H and O–H groups in total. The lowest BCUT2D eigenvalue weighted by atomic mass is 9.77. The maximum absolute atomic E-state index is 13.4. The number of amides is 1. The van der Waals surface area contributed by atoms with Gasteiger partial charge < -0.3 is 19.1 Å². The van der Waals surface area contributed by atoms with Gasteiger partial charge in [0.05, 0.1) is 37.3 Å². The van der Waals surface area contributed by atoms with Gasteiger partial charge in [-0.3, -0.25) is 4.79 Å². The second-order valence-corrected chi connectivity index (χ2v) is 12.5. The fourth-order valence-corrected chi connectivity index (χ4v) is 7.16. The van der Waals surface area contributed by atoms with Crippen LogP contribution in [-0.2, 0) is 15.0 Å². The molecule has 2 aromatic heterocycles. The van der Waals surface area contributed by atoms with Crippen molar-refractivity contribution < 1.29 is 19.0 Å². The Labute approximate surface area is 285 Å². The Morgan fingerprint density at radius 3 is 1.82 bits per heavy atom. The maximum Gasteiger partial charge on any atom is 0.254 e. The van der Waals surface area contributed by atoms with Gasteiger partial charge in [0.25, 0.3) is 5.91 Å². The number of rotatable bonds is 8. The third-order valence-corrected chi connectivity index (χ3v) is 9.60. The van der Waals surface area contributed by atoms with Crippen molar-refractivity contribution in [2.24, 2.45) is 0 Å². The SMILES string of the molecule is O=C(c1ccc(-c2nn(C(c3ccccc3)(c3ccccc3)c3ccccc3)c3ccnc(OC4CCOCC4)c23)cc1)N1CCOCC1. The Hall–Kier alpha value is -5.31. The van der Waals surface area contributed by atoms with E-state index in [1.807, 2.05) is 59.6 Å². The molecule has 2 aliphatic heterocycles. The summed E-state index contributed by atoms with van der Waals surface area (Å²) < 4.78 is 19.9. The van der Waals surface area contributed by atoms with E-state index in [2.05, 4.69) is 77.5 Å². The Bertz CT molecular complexity index is 1920. The first-order valence-electron chi connectivity index (χ1n) is 17.0. The zero-order chi connectivity index (χ0) is 33.0. The molecule has 4 aromatic carbocycles. The number of morpholine rings is 1. The summed E-state index contributed by atoms with van der Waals surface area (Å²) in [4.78, 5) is 20.0. The number of ether oxygens (including phenoxy) is 3. The average Bonchev–Trinajstić information content (AvgIpc) is 3.58. The second-order valence-electron chi connectivity index (χ2n) is 12.5. The van der Waals surface area contributed by atoms with Crippen LogP contribution in [0.4, 0.5) is 0 Å². The minimum absolute atomic E-state index is 0.00620. The first kappa shape index (κ1) is 31.0. The van der Waals surface area contributed by atoms with E-state index in [4.69, 9.17) is 24.3 Å². The van der Waals surface area contributed by atoms with E-state index in [-0.39, 0.29) is 12.0 Å². The summed E-state index contributed by atoms with van der Waals surface area (Å²) in [5.74, 6) is 0.550. The quantitative estimate of drug-likeness (QED) is 0.166. The molecule has 2 saturated heterocycles. The molecule has 0 spiro atoms. The summed E-state index contributed by atoms with van der Waals surface area (Å²) in [6.07, 6.45) is 3.39. The first-order chi connectivity index (χ1) is 24.2. The van der Waals surface area contributed by atoms with Crippen molar-refractivity contribution in [2.45, 2.75) is 24.5 Å². The number of fused-ring (bicyclic) bond motifs is 1. The van der Waals surface area contributed by atoms with E-state index in [0.29, 0.717) is 51.0 Å². The number of benzene rings is 4. The van der Waals surface area contributed by atoms with Crippen molar-refractivity contribution in [3.8, 4) is 17.1 Å². The topological polar surface area (TPSA) is 78.7 Å². The molecule has 246 valence electrons. The fraction of sp³-hybridized carbons (Fsp3) is 0.244. The molecule has 0 radical (unpaired) electrons. The van der Waals surface area contributed by atoms with Gasteiger partial charge >= 0.3 is 0 Å². The molecule has 2 fully saturated rings. The third-order valence-electron chi connectivity index (χ3n) is 9.60. The smallest absolute Gasteiger partial charge is 0.254 e. The van der Waals surface area contributed by atoms with Crippen molar-refractivity contribution in [2.75, 3.05) is 39.5 Å². The number of hydrogen-bond acceptors (Lipinski definition) is 6. The monoisotopic (exact) mass is 650 g/mol. The zero-order valence-corrected chi connectivity index (χ0v) is 27.3. The van der Waals surface area contributed by atoms with Gasteiger partial charge in [0, 0.05) is 43.3 Å². The highest BCUT2D eigenvalue weighted by Crippen LogP contribution is 2.45. The maximum atomic E-state index is 13.4. The van der Waals surface area contributed by atoms with Crippen LogP contribution in [0.25, 0.3) is 22.2 Å². The van der Waals surface area contributed by atoms with Crippen molar-refractivity contribution in [1.82, 2.24) is 19.7 Å². The van der Waals surface area contributed by atoms with Crippen LogP contribution in [0.5, 0.6) is 5.88 Å². The van der Waals surface area contributed by atoms with Crippen LogP contribution in [0.2, 0.25) is 0 Å². The number of carbonyl (C=O) groups excluding carboxylic acids is 1. The fourth-order valence-electron chi connectivity index (χ4n) is 7.16. The van der Waals surface area contributed by atoms with Crippen molar-refractivity contribution in [3.05, 3.63) is 150 Å². The summed E-state index contributed by atoms with van der Waals surface area (Å²) >= 11 is 0. The summed E-state index contributed by atoms with van der Waals surface area (Å²) in [5, 5.41) is 6.37. The minimum Gasteiger partial charge on any atom is -0.474 e. The van der Waals surface area contributed by atoms with Crippen LogP contribution < -0.4 is 4.74 Å². The standard InChI is InChI=1S/C41H38N4O4/c46-40(44-24-28-48-29-25-44)31-18-16-30(17-19-31)38-37-36(20-23-42-39(37)49-35-21-26-47-27-22-35)45(43-38)41(32-10-4-1-5-11-32,33-12-6-2-7-13-33)34-14-8-3-9-15-34/h1-20,23,35H,21-22,24-29H2. The van der Waals surface area contributed by atoms with Gasteiger partial charge in [0.1, 0.15) is 17.3 Å². The Kier molecular flexibility index (Phi) is 8.64. The van der Waals surface area contributed by atoms with E-state index in [1.54, 1.807) is 0 Å². The number of nitrogens with zero attached hydrogens (tertiary/aromatic N) is 4. The third kappa shape index (κ3) is 5.77. The molecule has 8 nitrogen and oxygen atoms in total. The van der Waals surface area contributed by atoms with E-state index < -0.39 is 5.54 Å². The Balaban J connectivity index is 1.37. The number of pyridine rings is 1. The highest BCUT2D eigenvalue weighted by Gasteiger charge is 2.41. The minimum atomic E-state index is -0.843. The predicted molar refractivity (Wildman–Crippen MR) is 189 cm³/mol. The van der Waals surface area contributed by atoms with E-state index in [9.17, 15) is 4.79 Å². The van der Waals surface area contributed by atoms with E-state index in [0.717, 1.165) is 51.7 Å². The molecule has 0 unspecified atom stereocenters. The highest BCUT2D eigenvalue weighted by molar-refractivity contribution is 5.99. The summed E-state index contributed by atoms with van der Waals surface area (Å²) in [5.41, 5.74) is 5.49. The molecule has 8 heteroatoms. The van der Waals surface area contributed by atoms with E-state index >= 15 is 0 Å². The van der Waals surface area contributed by atoms with Gasteiger partial charge in [-0.15, -0.1) is 0 Å². The lowest BCUT2D eigenvalue weighted by Crippen LogP contribution is -2.40. The molecule has 0 bridgehead atoms. The highest BCUT2D eigenvalue weighted by atomic mass is 16.5. The largest absolute Gasteiger partial charge is 0.474 e. The van der Waals surface area contributed by atoms with Gasteiger partial charge in [-0.05, 0) is 34.9 Å². The molecule has 0 aliphatic carbocycles. The van der Waals surface area contributed by atoms with Gasteiger partial charge in [0.2, 0.25) is 5.88 Å². The Morgan fingerprint density at radius 2 is 1.24 bits per heavy atom. The van der Waals surface area contributed by atoms with Crippen LogP contribution in [0.3, 0.4) is 0 Å². The molecular formula is C41H38N4O4. The van der Waals surface area contributed by atoms with Crippen LogP contribution in [0.15, 0.2) is 128 Å². The molecule has 6 aromatic rings. The predicted octanol–water partition coefficient (Wildman–Crippen LogP) is 6.97. The molecular weight excluding hydrogens is 612 g/mol. The lowest BCUT2D eigenvalue weighted by Gasteiger charge is -2.37. The molecule has 2 aliphatic rings. The molecule has 4 heterocycles. The van der Waals surface area contributed by atoms with Gasteiger partial charge in [-0.25, -0.2) is 9.67 Å². The van der Waals surface area contributed by atoms with Crippen LogP contribution >= 0.6 is 0 Å². The number of hydrogen-bond donors (Lipinski definition) is 0. The molecule has 49 heavy (non-hydrogen) atoms. The van der Waals surface area contributed by atoms with Crippen molar-refractivity contribution in [3.63, 3.8) is 0 Å². The molecule has 0 saturated carbocycles. The van der Waals surface area contributed by atoms with Crippen LogP contribution in [-0.4, -0.2) is 71.2 Å². The summed E-state index contributed by atoms with van der Waals surface area (Å²) in [7, 11) is 0. The molecule has 1 amide bonds. The van der Waals surface area contributed by atoms with Gasteiger partial charge in [-0.1, -0.05) is 103 Å². The summed E-state index contributed by atoms with van der Waals surface area (Å²) in [6.45, 7) is 3.61. The first-order valence-corrected chi connectivity index (χ1v) is 17.0. The van der Waals surface area contributed by atoms with Crippen LogP contribution in [0.1, 0.15) is 39.9 Å². The molecule has 8 rings (SSSR count).